The van der Waals surface area contributed by atoms with Crippen LogP contribution in [0.15, 0.2) is 134 Å². The van der Waals surface area contributed by atoms with Crippen LogP contribution in [0.5, 0.6) is 0 Å². The van der Waals surface area contributed by atoms with Gasteiger partial charge in [-0.2, -0.15) is 0 Å². The second-order valence-corrected chi connectivity index (χ2v) is 23.7. The van der Waals surface area contributed by atoms with Gasteiger partial charge in [0.05, 0.1) is 40.3 Å². The highest BCUT2D eigenvalue weighted by molar-refractivity contribution is 5.70. The van der Waals surface area contributed by atoms with Crippen molar-refractivity contribution in [3.63, 3.8) is 0 Å². The summed E-state index contributed by atoms with van der Waals surface area (Å²) in [5.41, 5.74) is 0. The molecule has 0 fully saturated rings. The molecule has 0 aromatic rings. The van der Waals surface area contributed by atoms with Crippen LogP contribution in [0.4, 0.5) is 0 Å². The molecule has 0 radical (unpaired) electrons. The van der Waals surface area contributed by atoms with Gasteiger partial charge in [-0.3, -0.25) is 9.59 Å². The lowest BCUT2D eigenvalue weighted by Gasteiger charge is -2.26. The minimum atomic E-state index is -1.64. The van der Waals surface area contributed by atoms with Crippen LogP contribution in [0.2, 0.25) is 0 Å². The zero-order valence-electron chi connectivity index (χ0n) is 55.2. The molecule has 0 rings (SSSR count). The van der Waals surface area contributed by atoms with E-state index in [1.165, 1.54) is 128 Å². The predicted octanol–water partition coefficient (Wildman–Crippen LogP) is 20.0. The Morgan fingerprint density at radius 3 is 1.00 bits per heavy atom. The van der Waals surface area contributed by atoms with Crippen molar-refractivity contribution in [1.29, 1.82) is 0 Å². The molecule has 0 aliphatic rings. The summed E-state index contributed by atoms with van der Waals surface area (Å²) in [5.74, 6) is -2.32. The number of carboxylic acid groups (broad SMARTS) is 1. The Labute approximate surface area is 522 Å². The summed E-state index contributed by atoms with van der Waals surface area (Å²) >= 11 is 0. The third-order valence-corrected chi connectivity index (χ3v) is 14.4. The molecule has 2 atom stereocenters. The van der Waals surface area contributed by atoms with E-state index in [4.69, 9.17) is 18.9 Å². The predicted molar refractivity (Wildman–Crippen MR) is 361 cm³/mol. The number of carbonyl (C=O) groups is 3. The van der Waals surface area contributed by atoms with Gasteiger partial charge >= 0.3 is 11.9 Å². The normalized spacial score (nSPS) is 13.6. The van der Waals surface area contributed by atoms with Crippen LogP contribution >= 0.6 is 0 Å². The van der Waals surface area contributed by atoms with Crippen LogP contribution in [0.3, 0.4) is 0 Å². The van der Waals surface area contributed by atoms with Crippen molar-refractivity contribution in [2.45, 2.75) is 283 Å². The van der Waals surface area contributed by atoms with E-state index in [0.717, 1.165) is 109 Å². The smallest absolute Gasteiger partial charge is 0.306 e. The number of ether oxygens (including phenoxy) is 4. The van der Waals surface area contributed by atoms with E-state index in [-0.39, 0.29) is 38.6 Å². The van der Waals surface area contributed by atoms with E-state index < -0.39 is 24.3 Å². The van der Waals surface area contributed by atoms with Gasteiger partial charge in [0, 0.05) is 12.8 Å². The molecule has 2 unspecified atom stereocenters. The lowest BCUT2D eigenvalue weighted by Crippen LogP contribution is -2.44. The molecule has 0 N–H and O–H groups in total. The summed E-state index contributed by atoms with van der Waals surface area (Å²) in [6.07, 6.45) is 90.9. The molecule has 0 saturated heterocycles. The van der Waals surface area contributed by atoms with Crippen LogP contribution < -0.4 is 5.11 Å². The number of quaternary nitrogens is 1. The molecule has 0 bridgehead atoms. The Hall–Kier alpha value is -4.57. The van der Waals surface area contributed by atoms with Gasteiger partial charge in [-0.1, -0.05) is 276 Å². The molecule has 9 nitrogen and oxygen atoms in total. The van der Waals surface area contributed by atoms with Gasteiger partial charge in [-0.05, 0) is 116 Å². The fourth-order valence-corrected chi connectivity index (χ4v) is 9.15. The van der Waals surface area contributed by atoms with Crippen LogP contribution in [0.25, 0.3) is 0 Å². The van der Waals surface area contributed by atoms with Crippen LogP contribution in [-0.2, 0) is 33.3 Å². The van der Waals surface area contributed by atoms with Gasteiger partial charge in [0.15, 0.2) is 12.4 Å². The van der Waals surface area contributed by atoms with Gasteiger partial charge in [0.1, 0.15) is 13.2 Å². The van der Waals surface area contributed by atoms with Crippen molar-refractivity contribution >= 4 is 17.9 Å². The van der Waals surface area contributed by atoms with Crippen molar-refractivity contribution in [2.75, 3.05) is 47.5 Å². The minimum Gasteiger partial charge on any atom is -0.545 e. The van der Waals surface area contributed by atoms with E-state index in [2.05, 4.69) is 148 Å². The summed E-state index contributed by atoms with van der Waals surface area (Å²) in [4.78, 5) is 37.5. The average Bonchev–Trinajstić information content (AvgIpc) is 3.48. The number of esters is 2. The maximum absolute atomic E-state index is 12.9. The van der Waals surface area contributed by atoms with Gasteiger partial charge in [-0.25, -0.2) is 0 Å². The van der Waals surface area contributed by atoms with E-state index >= 15 is 0 Å². The van der Waals surface area contributed by atoms with Crippen LogP contribution in [0, 0.1) is 0 Å². The molecule has 0 aliphatic carbocycles. The number of allylic oxidation sites excluding steroid dienone is 22. The van der Waals surface area contributed by atoms with Crippen molar-refractivity contribution < 1.29 is 42.9 Å². The number of carbonyl (C=O) groups excluding carboxylic acids is 3. The fourth-order valence-electron chi connectivity index (χ4n) is 9.15. The summed E-state index contributed by atoms with van der Waals surface area (Å²) < 4.78 is 22.8. The van der Waals surface area contributed by atoms with E-state index in [0.29, 0.717) is 17.4 Å². The highest BCUT2D eigenvalue weighted by Crippen LogP contribution is 2.16. The first-order chi connectivity index (χ1) is 41.6. The lowest BCUT2D eigenvalue weighted by atomic mass is 10.0. The van der Waals surface area contributed by atoms with Gasteiger partial charge < -0.3 is 33.3 Å². The first-order valence-corrected chi connectivity index (χ1v) is 34.3. The molecule has 0 aliphatic heterocycles. The Bertz CT molecular complexity index is 1860. The number of hydrogen-bond donors (Lipinski definition) is 0. The lowest BCUT2D eigenvalue weighted by molar-refractivity contribution is -0.870. The SMILES string of the molecule is CC/C=C\C/C=C\C/C=C\C/C=C\C/C=C\C/C=C\C/C=C\C/C=C\CCCCCCC(=O)OC(COC(=O)CCCCCCCCCCCCCCCCCC/C=C\C/C=C\C/C=C\CCCCCCC)COC(OCC[N+](C)(C)C)C(=O)[O-]. The summed E-state index contributed by atoms with van der Waals surface area (Å²) in [5, 5.41) is 11.8. The first-order valence-electron chi connectivity index (χ1n) is 34.3. The number of carboxylic acids is 1. The number of unbranched alkanes of at least 4 members (excludes halogenated alkanes) is 25. The molecule has 0 saturated carbocycles. The van der Waals surface area contributed by atoms with Crippen molar-refractivity contribution in [1.82, 2.24) is 0 Å². The van der Waals surface area contributed by atoms with Gasteiger partial charge in [0.2, 0.25) is 0 Å². The molecule has 0 heterocycles. The van der Waals surface area contributed by atoms with Crippen LogP contribution in [0.1, 0.15) is 271 Å². The molecule has 9 heteroatoms. The van der Waals surface area contributed by atoms with Crippen LogP contribution in [-0.4, -0.2) is 82.3 Å². The van der Waals surface area contributed by atoms with Gasteiger partial charge in [-0.15, -0.1) is 0 Å². The Morgan fingerprint density at radius 2 is 0.671 bits per heavy atom. The maximum Gasteiger partial charge on any atom is 0.306 e. The van der Waals surface area contributed by atoms with E-state index in [9.17, 15) is 19.5 Å². The summed E-state index contributed by atoms with van der Waals surface area (Å²) in [7, 11) is 5.91. The Kier molecular flexibility index (Phi) is 61.9. The molecule has 484 valence electrons. The monoisotopic (exact) mass is 1180 g/mol. The second-order valence-electron chi connectivity index (χ2n) is 23.7. The highest BCUT2D eigenvalue weighted by Gasteiger charge is 2.22. The quantitative estimate of drug-likeness (QED) is 0.0195. The molecule has 0 spiro atoms. The second kappa shape index (κ2) is 65.4. The summed E-state index contributed by atoms with van der Waals surface area (Å²) in [6, 6.07) is 0. The Balaban J connectivity index is 4.22. The summed E-state index contributed by atoms with van der Waals surface area (Å²) in [6.45, 7) is 4.59. The average molecular weight is 1180 g/mol. The first kappa shape index (κ1) is 80.4. The molecule has 0 aromatic heterocycles. The number of likely N-dealkylation sites (N-methyl/N-ethyl adjacent to an activating group) is 1. The minimum absolute atomic E-state index is 0.136. The molecule has 0 aromatic carbocycles. The maximum atomic E-state index is 12.9. The third kappa shape index (κ3) is 66.8. The zero-order chi connectivity index (χ0) is 61.9. The molecule has 0 amide bonds. The van der Waals surface area contributed by atoms with E-state index in [1.54, 1.807) is 0 Å². The Morgan fingerprint density at radius 1 is 0.365 bits per heavy atom. The van der Waals surface area contributed by atoms with Gasteiger partial charge in [0.25, 0.3) is 0 Å². The zero-order valence-corrected chi connectivity index (χ0v) is 55.2. The fraction of sp³-hybridized carbons (Fsp3) is 0.671. The molecule has 85 heavy (non-hydrogen) atoms. The highest BCUT2D eigenvalue weighted by atomic mass is 16.7. The third-order valence-electron chi connectivity index (χ3n) is 14.4. The topological polar surface area (TPSA) is 111 Å². The van der Waals surface area contributed by atoms with Crippen molar-refractivity contribution in [3.05, 3.63) is 134 Å². The number of hydrogen-bond acceptors (Lipinski definition) is 8. The number of aliphatic carboxylic acids is 1. The molecular weight excluding hydrogens is 1050 g/mol. The number of nitrogens with zero attached hydrogens (tertiary/aromatic N) is 1. The van der Waals surface area contributed by atoms with E-state index in [1.807, 2.05) is 21.1 Å². The molecular formula is C76H127NO8. The number of rotatable bonds is 62. The standard InChI is InChI=1S/C76H127NO8/c1-6-8-10-12-14-16-18-20-22-24-26-28-30-32-34-36-37-39-40-42-44-46-48-50-52-54-56-58-60-62-64-66-73(78)83-70-72(71-84-76(75(80)81)82-69-68-77(3,4)5)85-74(79)67-65-63-61-59-57-55-53-51-49-47-45-43-41-38-35-33-31-29-27-25-23-21-19-17-15-13-11-9-7-2/h9,11,15,17-18,20-21,23-24,26-27,29-30,32-33,35,41,43,47,49,53,55,72,76H,6-8,10,12-14,16,19,22,25,28,31,34,36-40,42,44-46,48,50-52,54,56-71H2,1-5H3/b11-9-,17-15-,20-18-,23-21-,26-24-,29-27-,32-30-,35-33-,43-41-,49-47-,55-53-. The van der Waals surface area contributed by atoms with Crippen molar-refractivity contribution in [2.24, 2.45) is 0 Å². The van der Waals surface area contributed by atoms with Crippen molar-refractivity contribution in [3.8, 4) is 0 Å². The largest absolute Gasteiger partial charge is 0.545 e.